The molecule has 1 fully saturated rings. The third-order valence-corrected chi connectivity index (χ3v) is 6.77. The number of hydrogen-bond donors (Lipinski definition) is 1. The predicted octanol–water partition coefficient (Wildman–Crippen LogP) is 5.11. The number of aryl methyl sites for hydroxylation is 1. The number of methoxy groups -OCH3 is 1. The zero-order chi connectivity index (χ0) is 25.4. The lowest BCUT2D eigenvalue weighted by atomic mass is 10.2. The maximum atomic E-state index is 6.58. The van der Waals surface area contributed by atoms with E-state index < -0.39 is 0 Å². The third kappa shape index (κ3) is 4.61. The molecule has 4 heterocycles. The minimum absolute atomic E-state index is 0.258. The number of rotatable bonds is 7. The summed E-state index contributed by atoms with van der Waals surface area (Å²) in [5.74, 6) is 2.42. The summed E-state index contributed by atoms with van der Waals surface area (Å²) in [4.78, 5) is 24.7. The Bertz CT molecular complexity index is 1590. The summed E-state index contributed by atoms with van der Waals surface area (Å²) in [6.07, 6.45) is 7.12. The fourth-order valence-electron chi connectivity index (χ4n) is 4.64. The summed E-state index contributed by atoms with van der Waals surface area (Å²) in [7, 11) is 3.67. The molecule has 0 spiro atoms. The third-order valence-electron chi connectivity index (χ3n) is 6.48. The van der Waals surface area contributed by atoms with Crippen molar-refractivity contribution in [3.05, 3.63) is 60.3 Å². The van der Waals surface area contributed by atoms with Gasteiger partial charge in [0, 0.05) is 32.5 Å². The van der Waals surface area contributed by atoms with E-state index in [1.54, 1.807) is 25.7 Å². The van der Waals surface area contributed by atoms with Crippen LogP contribution in [-0.2, 0) is 11.8 Å². The van der Waals surface area contributed by atoms with Crippen molar-refractivity contribution in [3.63, 3.8) is 0 Å². The molecule has 0 bridgehead atoms. The van der Waals surface area contributed by atoms with E-state index in [1.807, 2.05) is 41.9 Å². The lowest BCUT2D eigenvalue weighted by Crippen LogP contribution is -2.34. The van der Waals surface area contributed by atoms with Gasteiger partial charge in [0.1, 0.15) is 28.9 Å². The van der Waals surface area contributed by atoms with E-state index in [9.17, 15) is 0 Å². The first-order chi connectivity index (χ1) is 18.1. The molecule has 2 aromatic carbocycles. The molecule has 0 aliphatic carbocycles. The molecule has 11 heteroatoms. The lowest BCUT2D eigenvalue weighted by Gasteiger charge is -2.24. The number of imidazole rings is 1. The highest BCUT2D eigenvalue weighted by atomic mass is 35.5. The van der Waals surface area contributed by atoms with Gasteiger partial charge < -0.3 is 24.3 Å². The molecule has 0 radical (unpaired) electrons. The topological polar surface area (TPSA) is 103 Å². The number of halogens is 1. The van der Waals surface area contributed by atoms with Gasteiger partial charge in [0.15, 0.2) is 5.82 Å². The van der Waals surface area contributed by atoms with Gasteiger partial charge in [0.25, 0.3) is 0 Å². The number of anilines is 3. The highest BCUT2D eigenvalue weighted by Gasteiger charge is 2.27. The molecular formula is C26H25ClN8O2. The van der Waals surface area contributed by atoms with E-state index in [2.05, 4.69) is 30.2 Å². The number of nitrogens with zero attached hydrogens (tertiary/aromatic N) is 7. The first kappa shape index (κ1) is 23.4. The van der Waals surface area contributed by atoms with Crippen LogP contribution in [0.5, 0.6) is 11.5 Å². The highest BCUT2D eigenvalue weighted by Crippen LogP contribution is 2.34. The first-order valence-electron chi connectivity index (χ1n) is 12.0. The zero-order valence-electron chi connectivity index (χ0n) is 20.4. The van der Waals surface area contributed by atoms with Crippen LogP contribution in [0, 0.1) is 0 Å². The van der Waals surface area contributed by atoms with Crippen LogP contribution in [0.2, 0.25) is 5.02 Å². The summed E-state index contributed by atoms with van der Waals surface area (Å²) in [6, 6.07) is 11.5. The molecule has 37 heavy (non-hydrogen) atoms. The number of fused-ring (bicyclic) bond motifs is 2. The fraction of sp³-hybridized carbons (Fsp3) is 0.269. The van der Waals surface area contributed by atoms with Gasteiger partial charge in [-0.2, -0.15) is 0 Å². The summed E-state index contributed by atoms with van der Waals surface area (Å²) in [5.41, 5.74) is 3.92. The summed E-state index contributed by atoms with van der Waals surface area (Å²) < 4.78 is 13.4. The van der Waals surface area contributed by atoms with Gasteiger partial charge in [0.2, 0.25) is 5.95 Å². The van der Waals surface area contributed by atoms with Crippen LogP contribution in [0.4, 0.5) is 17.5 Å². The van der Waals surface area contributed by atoms with Crippen molar-refractivity contribution in [1.82, 2.24) is 29.5 Å². The summed E-state index contributed by atoms with van der Waals surface area (Å²) in [5, 5.41) is 3.78. The molecule has 188 valence electrons. The molecule has 1 atom stereocenters. The largest absolute Gasteiger partial charge is 0.456 e. The second-order valence-corrected chi connectivity index (χ2v) is 9.36. The van der Waals surface area contributed by atoms with Gasteiger partial charge in [-0.3, -0.25) is 0 Å². The minimum atomic E-state index is 0.258. The standard InChI is InChI=1S/C26H25ClN8O2/c1-34-15-31-20-11-18(6-7-22(20)34)37-23-8-5-16(10-19(23)27)32-25-24-21(29-14-30-25)12-28-26(33-24)35-9-3-4-17(35)13-36-2/h5-8,10-12,14-15,17H,3-4,9,13H2,1-2H3,(H,29,30,32). The normalized spacial score (nSPS) is 15.5. The zero-order valence-corrected chi connectivity index (χ0v) is 21.2. The molecule has 3 aromatic heterocycles. The molecule has 1 unspecified atom stereocenters. The Kier molecular flexibility index (Phi) is 6.19. The minimum Gasteiger partial charge on any atom is -0.456 e. The van der Waals surface area contributed by atoms with Crippen molar-refractivity contribution in [1.29, 1.82) is 0 Å². The van der Waals surface area contributed by atoms with E-state index in [-0.39, 0.29) is 6.04 Å². The lowest BCUT2D eigenvalue weighted by molar-refractivity contribution is 0.180. The van der Waals surface area contributed by atoms with Crippen LogP contribution in [0.25, 0.3) is 22.1 Å². The summed E-state index contributed by atoms with van der Waals surface area (Å²) >= 11 is 6.58. The Morgan fingerprint density at radius 3 is 2.86 bits per heavy atom. The number of hydrogen-bond acceptors (Lipinski definition) is 9. The Labute approximate surface area is 218 Å². The highest BCUT2D eigenvalue weighted by molar-refractivity contribution is 6.32. The second kappa shape index (κ2) is 9.79. The van der Waals surface area contributed by atoms with Gasteiger partial charge >= 0.3 is 0 Å². The van der Waals surface area contributed by atoms with Crippen molar-refractivity contribution < 1.29 is 9.47 Å². The average Bonchev–Trinajstić information content (AvgIpc) is 3.52. The average molecular weight is 517 g/mol. The van der Waals surface area contributed by atoms with E-state index in [1.165, 1.54) is 6.33 Å². The van der Waals surface area contributed by atoms with Gasteiger partial charge in [-0.05, 0) is 43.2 Å². The van der Waals surface area contributed by atoms with Crippen molar-refractivity contribution in [2.24, 2.45) is 7.05 Å². The predicted molar refractivity (Wildman–Crippen MR) is 143 cm³/mol. The Balaban J connectivity index is 1.25. The van der Waals surface area contributed by atoms with Crippen LogP contribution in [0.1, 0.15) is 12.8 Å². The molecule has 6 rings (SSSR count). The quantitative estimate of drug-likeness (QED) is 0.316. The van der Waals surface area contributed by atoms with E-state index >= 15 is 0 Å². The number of aromatic nitrogens is 6. The monoisotopic (exact) mass is 516 g/mol. The van der Waals surface area contributed by atoms with Crippen molar-refractivity contribution in [2.75, 3.05) is 30.5 Å². The summed E-state index contributed by atoms with van der Waals surface area (Å²) in [6.45, 7) is 1.53. The van der Waals surface area contributed by atoms with Gasteiger partial charge in [0.05, 0.1) is 41.2 Å². The van der Waals surface area contributed by atoms with Crippen LogP contribution >= 0.6 is 11.6 Å². The van der Waals surface area contributed by atoms with Crippen molar-refractivity contribution in [3.8, 4) is 11.5 Å². The molecule has 10 nitrogen and oxygen atoms in total. The number of nitrogens with one attached hydrogen (secondary N) is 1. The molecule has 0 saturated carbocycles. The van der Waals surface area contributed by atoms with E-state index in [4.69, 9.17) is 26.1 Å². The van der Waals surface area contributed by atoms with E-state index in [0.29, 0.717) is 45.9 Å². The molecule has 1 aliphatic heterocycles. The second-order valence-electron chi connectivity index (χ2n) is 8.95. The van der Waals surface area contributed by atoms with Gasteiger partial charge in [-0.15, -0.1) is 0 Å². The molecular weight excluding hydrogens is 492 g/mol. The van der Waals surface area contributed by atoms with E-state index in [0.717, 1.165) is 36.1 Å². The molecule has 0 amide bonds. The van der Waals surface area contributed by atoms with Crippen LogP contribution in [-0.4, -0.2) is 55.8 Å². The number of ether oxygens (including phenoxy) is 2. The SMILES string of the molecule is COCC1CCCN1c1ncc2ncnc(Nc3ccc(Oc4ccc5c(c4)ncn5C)c(Cl)c3)c2n1. The van der Waals surface area contributed by atoms with Gasteiger partial charge in [-0.25, -0.2) is 24.9 Å². The molecule has 1 saturated heterocycles. The fourth-order valence-corrected chi connectivity index (χ4v) is 4.86. The molecule has 1 aliphatic rings. The molecule has 1 N–H and O–H groups in total. The van der Waals surface area contributed by atoms with Crippen LogP contribution in [0.15, 0.2) is 55.2 Å². The molecule has 5 aromatic rings. The maximum Gasteiger partial charge on any atom is 0.226 e. The van der Waals surface area contributed by atoms with Crippen LogP contribution < -0.4 is 15.0 Å². The number of benzene rings is 2. The van der Waals surface area contributed by atoms with Crippen molar-refractivity contribution >= 4 is 51.1 Å². The van der Waals surface area contributed by atoms with Crippen LogP contribution in [0.3, 0.4) is 0 Å². The van der Waals surface area contributed by atoms with Gasteiger partial charge in [-0.1, -0.05) is 11.6 Å². The smallest absolute Gasteiger partial charge is 0.226 e. The Morgan fingerprint density at radius 2 is 2.00 bits per heavy atom. The Morgan fingerprint density at radius 1 is 1.08 bits per heavy atom. The maximum absolute atomic E-state index is 6.58. The Hall–Kier alpha value is -4.02. The first-order valence-corrected chi connectivity index (χ1v) is 12.4. The van der Waals surface area contributed by atoms with Crippen molar-refractivity contribution in [2.45, 2.75) is 18.9 Å².